The molecule has 0 spiro atoms. The van der Waals surface area contributed by atoms with Crippen molar-refractivity contribution in [3.05, 3.63) is 39.2 Å². The number of nitrogens with zero attached hydrogens (tertiary/aromatic N) is 2. The van der Waals surface area contributed by atoms with Crippen LogP contribution in [0.2, 0.25) is 0 Å². The Morgan fingerprint density at radius 2 is 2.00 bits per heavy atom. The molecule has 0 radical (unpaired) electrons. The molecule has 0 atom stereocenters. The van der Waals surface area contributed by atoms with Crippen LogP contribution in [0, 0.1) is 0 Å². The van der Waals surface area contributed by atoms with Crippen LogP contribution in [0.25, 0.3) is 5.70 Å². The van der Waals surface area contributed by atoms with E-state index in [0.29, 0.717) is 0 Å². The SMILES string of the molecule is Br.CC1=C(c2ccc(Br)cc2)N2CCN=C2S1. The Labute approximate surface area is 124 Å². The molecule has 0 aromatic heterocycles. The van der Waals surface area contributed by atoms with Gasteiger partial charge in [-0.1, -0.05) is 39.8 Å². The summed E-state index contributed by atoms with van der Waals surface area (Å²) in [7, 11) is 0. The van der Waals surface area contributed by atoms with Crippen LogP contribution in [-0.4, -0.2) is 23.2 Å². The molecule has 1 aromatic carbocycles. The van der Waals surface area contributed by atoms with Crippen molar-refractivity contribution in [1.29, 1.82) is 0 Å². The number of halogens is 2. The maximum absolute atomic E-state index is 4.50. The average molecular weight is 376 g/mol. The number of fused-ring (bicyclic) bond motifs is 1. The lowest BCUT2D eigenvalue weighted by Gasteiger charge is -2.17. The third-order valence-electron chi connectivity index (χ3n) is 2.77. The molecule has 0 N–H and O–H groups in total. The quantitative estimate of drug-likeness (QED) is 0.733. The molecule has 90 valence electrons. The van der Waals surface area contributed by atoms with E-state index in [9.17, 15) is 0 Å². The Kier molecular flexibility index (Phi) is 4.00. The number of hydrogen-bond acceptors (Lipinski definition) is 3. The first-order valence-electron chi connectivity index (χ1n) is 5.22. The van der Waals surface area contributed by atoms with Crippen LogP contribution in [0.1, 0.15) is 12.5 Å². The first-order valence-corrected chi connectivity index (χ1v) is 6.83. The second kappa shape index (κ2) is 5.16. The zero-order valence-electron chi connectivity index (χ0n) is 9.31. The second-order valence-electron chi connectivity index (χ2n) is 3.83. The molecule has 0 saturated heterocycles. The number of allylic oxidation sites excluding steroid dienone is 1. The number of aliphatic imine (C=N–C) groups is 1. The van der Waals surface area contributed by atoms with Crippen molar-refractivity contribution in [1.82, 2.24) is 4.90 Å². The molecule has 3 rings (SSSR count). The van der Waals surface area contributed by atoms with Gasteiger partial charge < -0.3 is 4.90 Å². The topological polar surface area (TPSA) is 15.6 Å². The predicted molar refractivity (Wildman–Crippen MR) is 83.7 cm³/mol. The molecule has 2 heterocycles. The third-order valence-corrected chi connectivity index (χ3v) is 4.33. The highest BCUT2D eigenvalue weighted by Crippen LogP contribution is 2.41. The number of amidine groups is 1. The predicted octanol–water partition coefficient (Wildman–Crippen LogP) is 4.13. The maximum Gasteiger partial charge on any atom is 0.168 e. The summed E-state index contributed by atoms with van der Waals surface area (Å²) in [6.07, 6.45) is 0. The molecule has 1 aromatic rings. The van der Waals surface area contributed by atoms with Crippen LogP contribution >= 0.6 is 44.7 Å². The summed E-state index contributed by atoms with van der Waals surface area (Å²) >= 11 is 5.25. The fraction of sp³-hybridized carbons (Fsp3) is 0.250. The molecular weight excluding hydrogens is 364 g/mol. The van der Waals surface area contributed by atoms with Gasteiger partial charge in [-0.3, -0.25) is 4.99 Å². The minimum Gasteiger partial charge on any atom is -0.318 e. The Morgan fingerprint density at radius 1 is 1.29 bits per heavy atom. The summed E-state index contributed by atoms with van der Waals surface area (Å²) in [6.45, 7) is 4.11. The van der Waals surface area contributed by atoms with Crippen LogP contribution in [0.15, 0.2) is 38.6 Å². The number of hydrogen-bond donors (Lipinski definition) is 0. The van der Waals surface area contributed by atoms with Gasteiger partial charge in [-0.15, -0.1) is 17.0 Å². The van der Waals surface area contributed by atoms with Gasteiger partial charge in [0.15, 0.2) is 5.17 Å². The van der Waals surface area contributed by atoms with E-state index in [1.54, 1.807) is 11.8 Å². The molecule has 17 heavy (non-hydrogen) atoms. The minimum absolute atomic E-state index is 0. The normalized spacial score (nSPS) is 18.0. The Hall–Kier alpha value is -0.260. The van der Waals surface area contributed by atoms with E-state index < -0.39 is 0 Å². The van der Waals surface area contributed by atoms with Gasteiger partial charge >= 0.3 is 0 Å². The Morgan fingerprint density at radius 3 is 2.71 bits per heavy atom. The van der Waals surface area contributed by atoms with E-state index in [4.69, 9.17) is 0 Å². The highest BCUT2D eigenvalue weighted by atomic mass is 79.9. The van der Waals surface area contributed by atoms with Crippen LogP contribution in [0.3, 0.4) is 0 Å². The summed E-state index contributed by atoms with van der Waals surface area (Å²) in [4.78, 5) is 8.17. The van der Waals surface area contributed by atoms with Gasteiger partial charge in [0, 0.05) is 15.9 Å². The van der Waals surface area contributed by atoms with Crippen molar-refractivity contribution in [3.63, 3.8) is 0 Å². The first kappa shape index (κ1) is 13.2. The lowest BCUT2D eigenvalue weighted by Crippen LogP contribution is -2.19. The van der Waals surface area contributed by atoms with Gasteiger partial charge in [0.25, 0.3) is 0 Å². The second-order valence-corrected chi connectivity index (χ2v) is 5.93. The zero-order valence-corrected chi connectivity index (χ0v) is 13.4. The lowest BCUT2D eigenvalue weighted by atomic mass is 10.1. The largest absolute Gasteiger partial charge is 0.318 e. The van der Waals surface area contributed by atoms with Crippen molar-refractivity contribution in [2.24, 2.45) is 4.99 Å². The summed E-state index contributed by atoms with van der Waals surface area (Å²) in [5.74, 6) is 0. The molecule has 2 nitrogen and oxygen atoms in total. The Balaban J connectivity index is 0.00000108. The van der Waals surface area contributed by atoms with Gasteiger partial charge in [-0.2, -0.15) is 0 Å². The Bertz CT molecular complexity index is 494. The van der Waals surface area contributed by atoms with Gasteiger partial charge in [0.1, 0.15) is 0 Å². The lowest BCUT2D eigenvalue weighted by molar-refractivity contribution is 0.648. The van der Waals surface area contributed by atoms with Crippen LogP contribution < -0.4 is 0 Å². The average Bonchev–Trinajstić information content (AvgIpc) is 2.79. The summed E-state index contributed by atoms with van der Waals surface area (Å²) in [6, 6.07) is 8.49. The zero-order chi connectivity index (χ0) is 11.1. The molecule has 0 bridgehead atoms. The van der Waals surface area contributed by atoms with Crippen molar-refractivity contribution in [2.75, 3.05) is 13.1 Å². The molecule has 5 heteroatoms. The first-order chi connectivity index (χ1) is 7.75. The molecule has 0 amide bonds. The number of benzene rings is 1. The van der Waals surface area contributed by atoms with Crippen molar-refractivity contribution in [3.8, 4) is 0 Å². The highest BCUT2D eigenvalue weighted by molar-refractivity contribution is 9.10. The minimum atomic E-state index is 0. The third kappa shape index (κ3) is 2.33. The fourth-order valence-corrected chi connectivity index (χ4v) is 3.38. The smallest absolute Gasteiger partial charge is 0.168 e. The van der Waals surface area contributed by atoms with E-state index >= 15 is 0 Å². The molecule has 2 aliphatic heterocycles. The van der Waals surface area contributed by atoms with Crippen LogP contribution in [0.4, 0.5) is 0 Å². The molecule has 0 fully saturated rings. The molecule has 0 unspecified atom stereocenters. The number of rotatable bonds is 1. The van der Waals surface area contributed by atoms with Gasteiger partial charge in [-0.05, 0) is 24.6 Å². The van der Waals surface area contributed by atoms with Crippen LogP contribution in [-0.2, 0) is 0 Å². The summed E-state index contributed by atoms with van der Waals surface area (Å²) in [5, 5.41) is 1.16. The monoisotopic (exact) mass is 374 g/mol. The number of thioether (sulfide) groups is 1. The van der Waals surface area contributed by atoms with Crippen molar-refractivity contribution < 1.29 is 0 Å². The van der Waals surface area contributed by atoms with Gasteiger partial charge in [0.2, 0.25) is 0 Å². The standard InChI is InChI=1S/C12H11BrN2S.BrH/c1-8-11(9-2-4-10(13)5-3-9)15-7-6-14-12(15)16-8;/h2-5H,6-7H2,1H3;1H. The summed E-state index contributed by atoms with van der Waals surface area (Å²) in [5.41, 5.74) is 2.61. The highest BCUT2D eigenvalue weighted by Gasteiger charge is 2.30. The van der Waals surface area contributed by atoms with E-state index in [0.717, 1.165) is 22.7 Å². The van der Waals surface area contributed by atoms with Gasteiger partial charge in [-0.25, -0.2) is 0 Å². The maximum atomic E-state index is 4.50. The molecule has 0 saturated carbocycles. The van der Waals surface area contributed by atoms with E-state index in [1.165, 1.54) is 16.2 Å². The van der Waals surface area contributed by atoms with E-state index in [-0.39, 0.29) is 17.0 Å². The molecule has 0 aliphatic carbocycles. The molecular formula is C12H12Br2N2S. The van der Waals surface area contributed by atoms with Crippen molar-refractivity contribution >= 4 is 55.5 Å². The molecule has 2 aliphatic rings. The van der Waals surface area contributed by atoms with Gasteiger partial charge in [0.05, 0.1) is 12.2 Å². The van der Waals surface area contributed by atoms with Crippen LogP contribution in [0.5, 0.6) is 0 Å². The van der Waals surface area contributed by atoms with E-state index in [2.05, 4.69) is 57.0 Å². The van der Waals surface area contributed by atoms with E-state index in [1.807, 2.05) is 0 Å². The summed E-state index contributed by atoms with van der Waals surface area (Å²) < 4.78 is 1.12. The fourth-order valence-electron chi connectivity index (χ4n) is 2.06. The van der Waals surface area contributed by atoms with Crippen molar-refractivity contribution in [2.45, 2.75) is 6.92 Å².